The van der Waals surface area contributed by atoms with E-state index in [1.54, 1.807) is 0 Å². The number of alkyl halides is 1. The van der Waals surface area contributed by atoms with Crippen molar-refractivity contribution in [3.8, 4) is 0 Å². The van der Waals surface area contributed by atoms with E-state index in [4.69, 9.17) is 0 Å². The average molecular weight is 191 g/mol. The van der Waals surface area contributed by atoms with Crippen LogP contribution in [-0.2, 0) is 0 Å². The van der Waals surface area contributed by atoms with Crippen molar-refractivity contribution >= 4 is 15.9 Å². The summed E-state index contributed by atoms with van der Waals surface area (Å²) in [6.07, 6.45) is 5.28. The smallest absolute Gasteiger partial charge is 0.0867 e. The Morgan fingerprint density at radius 1 is 1.67 bits per heavy atom. The Morgan fingerprint density at radius 2 is 2.56 bits per heavy atom. The molecule has 0 aromatic rings. The van der Waals surface area contributed by atoms with Crippen LogP contribution in [0.3, 0.4) is 0 Å². The molecule has 0 atom stereocenters. The average Bonchev–Trinajstić information content (AvgIpc) is 2.34. The summed E-state index contributed by atoms with van der Waals surface area (Å²) in [7, 11) is 0. The van der Waals surface area contributed by atoms with E-state index < -0.39 is 0 Å². The summed E-state index contributed by atoms with van der Waals surface area (Å²) in [4.78, 5) is 2.25. The summed E-state index contributed by atoms with van der Waals surface area (Å²) in [5.74, 6) is 0. The summed E-state index contributed by atoms with van der Waals surface area (Å²) in [6.45, 7) is 2.13. The third-order valence-corrected chi connectivity index (χ3v) is 1.84. The lowest BCUT2D eigenvalue weighted by Gasteiger charge is -2.12. The first-order valence-corrected chi connectivity index (χ1v) is 4.25. The molecular formula is C6H11BrN2. The lowest BCUT2D eigenvalue weighted by Crippen LogP contribution is -2.21. The van der Waals surface area contributed by atoms with Crippen molar-refractivity contribution in [3.63, 3.8) is 0 Å². The van der Waals surface area contributed by atoms with Gasteiger partial charge in [0.15, 0.2) is 0 Å². The number of halogens is 1. The maximum atomic E-state index is 3.39. The van der Waals surface area contributed by atoms with Gasteiger partial charge in [0.25, 0.3) is 0 Å². The summed E-state index contributed by atoms with van der Waals surface area (Å²) in [5.41, 5.74) is 0. The van der Waals surface area contributed by atoms with Crippen molar-refractivity contribution < 1.29 is 0 Å². The number of nitrogens with one attached hydrogen (secondary N) is 1. The molecule has 1 aliphatic heterocycles. The molecule has 1 aliphatic rings. The van der Waals surface area contributed by atoms with E-state index in [1.165, 1.54) is 6.42 Å². The minimum absolute atomic E-state index is 0.979. The monoisotopic (exact) mass is 190 g/mol. The maximum absolute atomic E-state index is 3.39. The van der Waals surface area contributed by atoms with Gasteiger partial charge < -0.3 is 10.2 Å². The molecule has 9 heavy (non-hydrogen) atoms. The van der Waals surface area contributed by atoms with Crippen LogP contribution in [0.5, 0.6) is 0 Å². The summed E-state index contributed by atoms with van der Waals surface area (Å²) >= 11 is 3.39. The van der Waals surface area contributed by atoms with Crippen LogP contribution in [0.15, 0.2) is 12.4 Å². The molecule has 0 fully saturated rings. The maximum Gasteiger partial charge on any atom is 0.0867 e. The van der Waals surface area contributed by atoms with Crippen molar-refractivity contribution in [2.75, 3.05) is 18.5 Å². The van der Waals surface area contributed by atoms with Crippen LogP contribution in [0, 0.1) is 0 Å². The molecule has 0 amide bonds. The lowest BCUT2D eigenvalue weighted by molar-refractivity contribution is 0.393. The molecule has 0 unspecified atom stereocenters. The van der Waals surface area contributed by atoms with E-state index in [9.17, 15) is 0 Å². The molecular weight excluding hydrogens is 180 g/mol. The zero-order valence-corrected chi connectivity index (χ0v) is 6.89. The minimum atomic E-state index is 0.979. The zero-order valence-electron chi connectivity index (χ0n) is 5.31. The van der Waals surface area contributed by atoms with E-state index in [1.807, 2.05) is 6.20 Å². The Kier molecular flexibility index (Phi) is 2.91. The topological polar surface area (TPSA) is 15.3 Å². The molecule has 1 rings (SSSR count). The van der Waals surface area contributed by atoms with Crippen LogP contribution in [0.25, 0.3) is 0 Å². The highest BCUT2D eigenvalue weighted by Gasteiger charge is 1.99. The fourth-order valence-corrected chi connectivity index (χ4v) is 1.05. The minimum Gasteiger partial charge on any atom is -0.373 e. The molecule has 1 heterocycles. The Hall–Kier alpha value is -0.180. The Morgan fingerprint density at radius 3 is 3.11 bits per heavy atom. The van der Waals surface area contributed by atoms with Gasteiger partial charge in [-0.15, -0.1) is 0 Å². The van der Waals surface area contributed by atoms with E-state index in [0.29, 0.717) is 0 Å². The summed E-state index contributed by atoms with van der Waals surface area (Å²) in [6, 6.07) is 0. The van der Waals surface area contributed by atoms with Crippen molar-refractivity contribution in [1.82, 2.24) is 10.2 Å². The van der Waals surface area contributed by atoms with Crippen molar-refractivity contribution in [1.29, 1.82) is 0 Å². The molecule has 0 saturated carbocycles. The molecule has 2 nitrogen and oxygen atoms in total. The molecule has 52 valence electrons. The molecule has 3 heteroatoms. The van der Waals surface area contributed by atoms with Gasteiger partial charge in [-0.05, 0) is 6.42 Å². The highest BCUT2D eigenvalue weighted by atomic mass is 79.9. The third kappa shape index (κ3) is 2.26. The number of hydrogen-bond donors (Lipinski definition) is 1. The van der Waals surface area contributed by atoms with Crippen LogP contribution in [0.1, 0.15) is 6.42 Å². The van der Waals surface area contributed by atoms with Crippen LogP contribution in [0.2, 0.25) is 0 Å². The van der Waals surface area contributed by atoms with Crippen LogP contribution in [0.4, 0.5) is 0 Å². The molecule has 0 aromatic heterocycles. The van der Waals surface area contributed by atoms with Gasteiger partial charge >= 0.3 is 0 Å². The van der Waals surface area contributed by atoms with Gasteiger partial charge in [-0.1, -0.05) is 15.9 Å². The first-order chi connectivity index (χ1) is 4.43. The van der Waals surface area contributed by atoms with Gasteiger partial charge in [-0.25, -0.2) is 0 Å². The molecule has 1 N–H and O–H groups in total. The Balaban J connectivity index is 2.05. The fourth-order valence-electron chi connectivity index (χ4n) is 0.797. The van der Waals surface area contributed by atoms with E-state index >= 15 is 0 Å². The van der Waals surface area contributed by atoms with Crippen LogP contribution >= 0.6 is 15.9 Å². The van der Waals surface area contributed by atoms with Gasteiger partial charge in [0, 0.05) is 24.3 Å². The summed E-state index contributed by atoms with van der Waals surface area (Å²) in [5, 5.41) is 4.21. The first kappa shape index (κ1) is 6.93. The quantitative estimate of drug-likeness (QED) is 0.672. The predicted octanol–water partition coefficient (Wildman–Crippen LogP) is 1.11. The van der Waals surface area contributed by atoms with Crippen molar-refractivity contribution in [2.24, 2.45) is 0 Å². The fraction of sp³-hybridized carbons (Fsp3) is 0.667. The highest BCUT2D eigenvalue weighted by Crippen LogP contribution is 1.97. The second-order valence-corrected chi connectivity index (χ2v) is 2.83. The second kappa shape index (κ2) is 3.77. The van der Waals surface area contributed by atoms with Crippen LogP contribution in [-0.4, -0.2) is 23.4 Å². The Labute approximate surface area is 64.0 Å². The SMILES string of the molecule is BrCCCN1C=CNC1. The molecule has 0 bridgehead atoms. The van der Waals surface area contributed by atoms with Gasteiger partial charge in [-0.3, -0.25) is 0 Å². The zero-order chi connectivity index (χ0) is 6.53. The van der Waals surface area contributed by atoms with Gasteiger partial charge in [0.05, 0.1) is 6.67 Å². The predicted molar refractivity (Wildman–Crippen MR) is 42.3 cm³/mol. The van der Waals surface area contributed by atoms with E-state index in [-0.39, 0.29) is 0 Å². The molecule has 0 saturated heterocycles. The largest absolute Gasteiger partial charge is 0.373 e. The molecule has 0 spiro atoms. The number of nitrogens with zero attached hydrogens (tertiary/aromatic N) is 1. The third-order valence-electron chi connectivity index (χ3n) is 1.28. The highest BCUT2D eigenvalue weighted by molar-refractivity contribution is 9.09. The summed E-state index contributed by atoms with van der Waals surface area (Å²) < 4.78 is 0. The van der Waals surface area contributed by atoms with Gasteiger partial charge in [-0.2, -0.15) is 0 Å². The molecule has 0 aliphatic carbocycles. The normalized spacial score (nSPS) is 16.3. The standard InChI is InChI=1S/C6H11BrN2/c7-2-1-4-9-5-3-8-6-9/h3,5,8H,1-2,4,6H2. The lowest BCUT2D eigenvalue weighted by atomic mass is 10.4. The van der Waals surface area contributed by atoms with Crippen molar-refractivity contribution in [3.05, 3.63) is 12.4 Å². The Bertz CT molecular complexity index is 103. The number of hydrogen-bond acceptors (Lipinski definition) is 2. The number of rotatable bonds is 3. The van der Waals surface area contributed by atoms with Gasteiger partial charge in [0.1, 0.15) is 0 Å². The first-order valence-electron chi connectivity index (χ1n) is 3.13. The van der Waals surface area contributed by atoms with E-state index in [0.717, 1.165) is 18.5 Å². The molecule has 0 radical (unpaired) electrons. The van der Waals surface area contributed by atoms with Crippen LogP contribution < -0.4 is 5.32 Å². The second-order valence-electron chi connectivity index (χ2n) is 2.03. The molecule has 0 aromatic carbocycles. The van der Waals surface area contributed by atoms with Crippen molar-refractivity contribution in [2.45, 2.75) is 6.42 Å². The van der Waals surface area contributed by atoms with Gasteiger partial charge in [0.2, 0.25) is 0 Å². The van der Waals surface area contributed by atoms with E-state index in [2.05, 4.69) is 32.3 Å².